The third kappa shape index (κ3) is 2.29. The summed E-state index contributed by atoms with van der Waals surface area (Å²) in [5, 5.41) is 3.19. The van der Waals surface area contributed by atoms with Crippen molar-refractivity contribution in [2.24, 2.45) is 0 Å². The highest BCUT2D eigenvalue weighted by Crippen LogP contribution is 2.16. The second-order valence-corrected chi connectivity index (χ2v) is 3.93. The Morgan fingerprint density at radius 2 is 1.93 bits per heavy atom. The largest absolute Gasteiger partial charge is 0.313 e. The van der Waals surface area contributed by atoms with Crippen molar-refractivity contribution in [3.63, 3.8) is 0 Å². The van der Waals surface area contributed by atoms with E-state index in [1.165, 1.54) is 5.56 Å². The maximum absolute atomic E-state index is 4.49. The summed E-state index contributed by atoms with van der Waals surface area (Å²) in [4.78, 5) is 8.85. The normalized spacial score (nSPS) is 13.3. The smallest absolute Gasteiger partial charge is 0.131 e. The molecule has 1 aromatic rings. The van der Waals surface area contributed by atoms with Gasteiger partial charge < -0.3 is 5.32 Å². The van der Waals surface area contributed by atoms with Gasteiger partial charge >= 0.3 is 0 Å². The van der Waals surface area contributed by atoms with E-state index in [4.69, 9.17) is 0 Å². The molecule has 78 valence electrons. The van der Waals surface area contributed by atoms with Crippen LogP contribution < -0.4 is 5.32 Å². The van der Waals surface area contributed by atoms with Crippen LogP contribution in [0, 0.1) is 6.92 Å². The fourth-order valence-corrected chi connectivity index (χ4v) is 1.35. The van der Waals surface area contributed by atoms with E-state index in [1.807, 2.05) is 20.2 Å². The molecule has 0 radical (unpaired) electrons. The molecule has 1 rings (SSSR count). The first-order valence-corrected chi connectivity index (χ1v) is 5.07. The van der Waals surface area contributed by atoms with Crippen molar-refractivity contribution in [2.45, 2.75) is 39.7 Å². The van der Waals surface area contributed by atoms with Gasteiger partial charge in [0, 0.05) is 29.4 Å². The van der Waals surface area contributed by atoms with Gasteiger partial charge in [0.25, 0.3) is 0 Å². The lowest BCUT2D eigenvalue weighted by Crippen LogP contribution is -2.15. The van der Waals surface area contributed by atoms with Gasteiger partial charge in [-0.05, 0) is 20.9 Å². The van der Waals surface area contributed by atoms with E-state index in [1.54, 1.807) is 0 Å². The topological polar surface area (TPSA) is 37.8 Å². The molecule has 0 aliphatic carbocycles. The van der Waals surface area contributed by atoms with Crippen LogP contribution >= 0.6 is 0 Å². The van der Waals surface area contributed by atoms with Crippen LogP contribution in [0.2, 0.25) is 0 Å². The number of aromatic nitrogens is 2. The maximum atomic E-state index is 4.49. The van der Waals surface area contributed by atoms with E-state index >= 15 is 0 Å². The van der Waals surface area contributed by atoms with Gasteiger partial charge in [0.05, 0.1) is 0 Å². The van der Waals surface area contributed by atoms with Crippen LogP contribution in [-0.4, -0.2) is 17.0 Å². The Kier molecular flexibility index (Phi) is 3.58. The zero-order valence-corrected chi connectivity index (χ0v) is 9.63. The lowest BCUT2D eigenvalue weighted by Gasteiger charge is -2.14. The molecule has 0 aliphatic rings. The number of rotatable bonds is 3. The molecule has 1 heterocycles. The second kappa shape index (κ2) is 4.51. The molecule has 3 heteroatoms. The van der Waals surface area contributed by atoms with E-state index in [-0.39, 0.29) is 0 Å². The minimum atomic E-state index is 0.316. The molecule has 0 fully saturated rings. The molecule has 1 aromatic heterocycles. The average molecular weight is 193 g/mol. The Morgan fingerprint density at radius 1 is 1.29 bits per heavy atom. The van der Waals surface area contributed by atoms with Gasteiger partial charge in [0.2, 0.25) is 0 Å². The lowest BCUT2D eigenvalue weighted by atomic mass is 10.1. The SMILES string of the molecule is CNC(C)c1cnc(C(C)C)nc1C. The quantitative estimate of drug-likeness (QED) is 0.799. The number of nitrogens with one attached hydrogen (secondary N) is 1. The lowest BCUT2D eigenvalue weighted by molar-refractivity contribution is 0.633. The van der Waals surface area contributed by atoms with Crippen LogP contribution in [0.15, 0.2) is 6.20 Å². The minimum Gasteiger partial charge on any atom is -0.313 e. The average Bonchev–Trinajstić information content (AvgIpc) is 2.16. The molecule has 14 heavy (non-hydrogen) atoms. The van der Waals surface area contributed by atoms with Crippen LogP contribution in [-0.2, 0) is 0 Å². The van der Waals surface area contributed by atoms with Gasteiger partial charge in [-0.3, -0.25) is 0 Å². The molecule has 1 N–H and O–H groups in total. The Balaban J connectivity index is 3.01. The molecule has 3 nitrogen and oxygen atoms in total. The van der Waals surface area contributed by atoms with Crippen molar-refractivity contribution < 1.29 is 0 Å². The Morgan fingerprint density at radius 3 is 2.36 bits per heavy atom. The molecule has 1 atom stereocenters. The van der Waals surface area contributed by atoms with E-state index in [0.29, 0.717) is 12.0 Å². The van der Waals surface area contributed by atoms with E-state index < -0.39 is 0 Å². The van der Waals surface area contributed by atoms with Gasteiger partial charge in [-0.1, -0.05) is 13.8 Å². The van der Waals surface area contributed by atoms with Crippen molar-refractivity contribution in [1.82, 2.24) is 15.3 Å². The minimum absolute atomic E-state index is 0.316. The van der Waals surface area contributed by atoms with Crippen LogP contribution in [0.3, 0.4) is 0 Å². The van der Waals surface area contributed by atoms with Gasteiger partial charge in [-0.25, -0.2) is 9.97 Å². The molecule has 0 saturated heterocycles. The Labute approximate surface area is 86.0 Å². The summed E-state index contributed by atoms with van der Waals surface area (Å²) in [5.41, 5.74) is 2.25. The maximum Gasteiger partial charge on any atom is 0.131 e. The number of nitrogens with zero attached hydrogens (tertiary/aromatic N) is 2. The Hall–Kier alpha value is -0.960. The summed E-state index contributed by atoms with van der Waals surface area (Å²) in [7, 11) is 1.94. The first-order valence-electron chi connectivity index (χ1n) is 5.07. The van der Waals surface area contributed by atoms with Crippen molar-refractivity contribution in [3.8, 4) is 0 Å². The van der Waals surface area contributed by atoms with Gasteiger partial charge in [-0.15, -0.1) is 0 Å². The predicted octanol–water partition coefficient (Wildman–Crippen LogP) is 2.19. The number of hydrogen-bond donors (Lipinski definition) is 1. The van der Waals surface area contributed by atoms with Crippen LogP contribution in [0.1, 0.15) is 49.8 Å². The van der Waals surface area contributed by atoms with Crippen molar-refractivity contribution >= 4 is 0 Å². The molecule has 0 aliphatic heterocycles. The molecule has 0 saturated carbocycles. The first kappa shape index (κ1) is 11.1. The predicted molar refractivity (Wildman–Crippen MR) is 58.3 cm³/mol. The highest BCUT2D eigenvalue weighted by molar-refractivity contribution is 5.20. The van der Waals surface area contributed by atoms with Crippen molar-refractivity contribution in [3.05, 3.63) is 23.3 Å². The third-order valence-corrected chi connectivity index (χ3v) is 2.45. The van der Waals surface area contributed by atoms with E-state index in [0.717, 1.165) is 11.5 Å². The number of hydrogen-bond acceptors (Lipinski definition) is 3. The van der Waals surface area contributed by atoms with E-state index in [2.05, 4.69) is 36.1 Å². The second-order valence-electron chi connectivity index (χ2n) is 3.93. The fraction of sp³-hybridized carbons (Fsp3) is 0.636. The summed E-state index contributed by atoms with van der Waals surface area (Å²) >= 11 is 0. The van der Waals surface area contributed by atoms with Gasteiger partial charge in [0.15, 0.2) is 0 Å². The summed E-state index contributed by atoms with van der Waals surface area (Å²) in [6.07, 6.45) is 1.93. The molecule has 1 unspecified atom stereocenters. The van der Waals surface area contributed by atoms with Crippen LogP contribution in [0.4, 0.5) is 0 Å². The standard InChI is InChI=1S/C11H19N3/c1-7(2)11-13-6-10(8(3)12-5)9(4)14-11/h6-8,12H,1-5H3. The highest BCUT2D eigenvalue weighted by atomic mass is 14.9. The summed E-state index contributed by atoms with van der Waals surface area (Å²) < 4.78 is 0. The molecular formula is C11H19N3. The van der Waals surface area contributed by atoms with Gasteiger partial charge in [0.1, 0.15) is 5.82 Å². The summed E-state index contributed by atoms with van der Waals surface area (Å²) in [5.74, 6) is 1.32. The summed E-state index contributed by atoms with van der Waals surface area (Å²) in [6, 6.07) is 0.316. The van der Waals surface area contributed by atoms with E-state index in [9.17, 15) is 0 Å². The molecule has 0 spiro atoms. The van der Waals surface area contributed by atoms with Crippen LogP contribution in [0.5, 0.6) is 0 Å². The molecule has 0 aromatic carbocycles. The van der Waals surface area contributed by atoms with Crippen molar-refractivity contribution in [1.29, 1.82) is 0 Å². The van der Waals surface area contributed by atoms with Crippen molar-refractivity contribution in [2.75, 3.05) is 7.05 Å². The zero-order valence-electron chi connectivity index (χ0n) is 9.63. The van der Waals surface area contributed by atoms with Crippen LogP contribution in [0.25, 0.3) is 0 Å². The Bertz CT molecular complexity index is 307. The van der Waals surface area contributed by atoms with Gasteiger partial charge in [-0.2, -0.15) is 0 Å². The highest BCUT2D eigenvalue weighted by Gasteiger charge is 2.10. The summed E-state index contributed by atoms with van der Waals surface area (Å²) in [6.45, 7) is 8.36. The third-order valence-electron chi connectivity index (χ3n) is 2.45. The fourth-order valence-electron chi connectivity index (χ4n) is 1.35. The molecular weight excluding hydrogens is 174 g/mol. The molecule has 0 bridgehead atoms. The number of aryl methyl sites for hydroxylation is 1. The monoisotopic (exact) mass is 193 g/mol. The first-order chi connectivity index (χ1) is 6.56. The molecule has 0 amide bonds. The zero-order chi connectivity index (χ0) is 10.7.